The van der Waals surface area contributed by atoms with Gasteiger partial charge in [-0.05, 0) is 61.7 Å². The zero-order chi connectivity index (χ0) is 14.3. The van der Waals surface area contributed by atoms with Crippen molar-refractivity contribution in [3.05, 3.63) is 0 Å². The summed E-state index contributed by atoms with van der Waals surface area (Å²) in [7, 11) is 0. The second-order valence-corrected chi connectivity index (χ2v) is 8.01. The lowest BCUT2D eigenvalue weighted by atomic mass is 9.45. The Morgan fingerprint density at radius 3 is 2.32 bits per heavy atom. The van der Waals surface area contributed by atoms with Gasteiger partial charge in [-0.1, -0.05) is 41.0 Å². The molecule has 0 aromatic carbocycles. The highest BCUT2D eigenvalue weighted by Gasteiger charge is 2.57. The molecule has 19 heavy (non-hydrogen) atoms. The van der Waals surface area contributed by atoms with Gasteiger partial charge in [0.1, 0.15) is 0 Å². The topological polar surface area (TPSA) is 9.23 Å². The summed E-state index contributed by atoms with van der Waals surface area (Å²) in [4.78, 5) is 0. The first kappa shape index (κ1) is 15.4. The van der Waals surface area contributed by atoms with Gasteiger partial charge in [0.2, 0.25) is 0 Å². The van der Waals surface area contributed by atoms with Crippen LogP contribution in [0.3, 0.4) is 0 Å². The summed E-state index contributed by atoms with van der Waals surface area (Å²) in [6.07, 6.45) is 8.01. The molecule has 2 aliphatic rings. The Balaban J connectivity index is 2.33. The molecular formula is C18H34O. The number of hydrogen-bond acceptors (Lipinski definition) is 1. The molecule has 0 bridgehead atoms. The highest BCUT2D eigenvalue weighted by Crippen LogP contribution is 2.63. The van der Waals surface area contributed by atoms with Crippen LogP contribution in [-0.4, -0.2) is 12.2 Å². The van der Waals surface area contributed by atoms with Crippen molar-refractivity contribution in [2.75, 3.05) is 6.61 Å². The first-order chi connectivity index (χ1) is 8.82. The van der Waals surface area contributed by atoms with Gasteiger partial charge in [0.15, 0.2) is 0 Å². The SMILES string of the molecule is CCO[C@]1(CC)CC[C@H]2C(C)(C)CCC[C@]2(C)[C@@H]1C. The minimum Gasteiger partial charge on any atom is -0.375 e. The van der Waals surface area contributed by atoms with Crippen molar-refractivity contribution in [3.8, 4) is 0 Å². The van der Waals surface area contributed by atoms with Gasteiger partial charge < -0.3 is 4.74 Å². The maximum Gasteiger partial charge on any atom is 0.0710 e. The van der Waals surface area contributed by atoms with Crippen LogP contribution in [0.2, 0.25) is 0 Å². The van der Waals surface area contributed by atoms with Crippen LogP contribution in [0.1, 0.15) is 80.1 Å². The van der Waals surface area contributed by atoms with Gasteiger partial charge >= 0.3 is 0 Å². The third-order valence-electron chi connectivity index (χ3n) is 6.94. The second kappa shape index (κ2) is 5.06. The maximum absolute atomic E-state index is 6.31. The second-order valence-electron chi connectivity index (χ2n) is 8.01. The molecule has 0 unspecified atom stereocenters. The Labute approximate surface area is 120 Å². The maximum atomic E-state index is 6.31. The van der Waals surface area contributed by atoms with Gasteiger partial charge in [-0.3, -0.25) is 0 Å². The van der Waals surface area contributed by atoms with E-state index in [0.29, 0.717) is 16.7 Å². The van der Waals surface area contributed by atoms with Crippen LogP contribution < -0.4 is 0 Å². The Morgan fingerprint density at radius 2 is 1.74 bits per heavy atom. The van der Waals surface area contributed by atoms with E-state index in [1.54, 1.807) is 0 Å². The quantitative estimate of drug-likeness (QED) is 0.661. The molecule has 0 spiro atoms. The van der Waals surface area contributed by atoms with E-state index in [1.807, 2.05) is 0 Å². The van der Waals surface area contributed by atoms with Crippen molar-refractivity contribution in [1.29, 1.82) is 0 Å². The van der Waals surface area contributed by atoms with E-state index in [4.69, 9.17) is 4.74 Å². The average molecular weight is 266 g/mol. The van der Waals surface area contributed by atoms with Crippen LogP contribution in [0.25, 0.3) is 0 Å². The molecule has 0 amide bonds. The third-order valence-corrected chi connectivity index (χ3v) is 6.94. The molecule has 0 heterocycles. The molecular weight excluding hydrogens is 232 g/mol. The first-order valence-electron chi connectivity index (χ1n) is 8.46. The smallest absolute Gasteiger partial charge is 0.0710 e. The van der Waals surface area contributed by atoms with Crippen molar-refractivity contribution in [1.82, 2.24) is 0 Å². The van der Waals surface area contributed by atoms with E-state index < -0.39 is 0 Å². The Morgan fingerprint density at radius 1 is 1.05 bits per heavy atom. The zero-order valence-corrected chi connectivity index (χ0v) is 14.0. The van der Waals surface area contributed by atoms with Gasteiger partial charge in [-0.2, -0.15) is 0 Å². The molecule has 1 nitrogen and oxygen atoms in total. The van der Waals surface area contributed by atoms with Crippen molar-refractivity contribution in [2.45, 2.75) is 85.7 Å². The molecule has 0 saturated heterocycles. The highest BCUT2D eigenvalue weighted by molar-refractivity contribution is 5.07. The molecule has 2 rings (SSSR count). The normalized spacial score (nSPS) is 45.8. The fourth-order valence-corrected chi connectivity index (χ4v) is 5.68. The molecule has 0 aromatic heterocycles. The number of rotatable bonds is 3. The number of hydrogen-bond donors (Lipinski definition) is 0. The Bertz CT molecular complexity index is 322. The molecule has 4 atom stereocenters. The minimum atomic E-state index is 0.146. The predicted octanol–water partition coefficient (Wildman–Crippen LogP) is 5.43. The average Bonchev–Trinajstić information content (AvgIpc) is 2.34. The third kappa shape index (κ3) is 2.26. The summed E-state index contributed by atoms with van der Waals surface area (Å²) in [5.41, 5.74) is 1.14. The van der Waals surface area contributed by atoms with Crippen molar-refractivity contribution >= 4 is 0 Å². The van der Waals surface area contributed by atoms with Crippen LogP contribution in [-0.2, 0) is 4.74 Å². The van der Waals surface area contributed by atoms with Crippen LogP contribution in [0.4, 0.5) is 0 Å². The first-order valence-corrected chi connectivity index (χ1v) is 8.46. The van der Waals surface area contributed by atoms with Gasteiger partial charge in [0.05, 0.1) is 5.60 Å². The lowest BCUT2D eigenvalue weighted by molar-refractivity contribution is -0.192. The molecule has 112 valence electrons. The minimum absolute atomic E-state index is 0.146. The van der Waals surface area contributed by atoms with Crippen molar-refractivity contribution < 1.29 is 4.74 Å². The summed E-state index contributed by atoms with van der Waals surface area (Å²) in [5.74, 6) is 1.56. The molecule has 0 aliphatic heterocycles. The molecule has 2 aliphatic carbocycles. The van der Waals surface area contributed by atoms with E-state index in [0.717, 1.165) is 12.5 Å². The van der Waals surface area contributed by atoms with Gasteiger partial charge in [-0.15, -0.1) is 0 Å². The van der Waals surface area contributed by atoms with Crippen molar-refractivity contribution in [2.24, 2.45) is 22.7 Å². The van der Waals surface area contributed by atoms with E-state index >= 15 is 0 Å². The van der Waals surface area contributed by atoms with Gasteiger partial charge in [0.25, 0.3) is 0 Å². The lowest BCUT2D eigenvalue weighted by Gasteiger charge is -2.62. The lowest BCUT2D eigenvalue weighted by Crippen LogP contribution is -2.58. The molecule has 2 saturated carbocycles. The van der Waals surface area contributed by atoms with E-state index in [9.17, 15) is 0 Å². The molecule has 1 heteroatoms. The van der Waals surface area contributed by atoms with Gasteiger partial charge in [-0.25, -0.2) is 0 Å². The largest absolute Gasteiger partial charge is 0.375 e. The van der Waals surface area contributed by atoms with Gasteiger partial charge in [0, 0.05) is 6.61 Å². The van der Waals surface area contributed by atoms with E-state index in [-0.39, 0.29) is 5.60 Å². The van der Waals surface area contributed by atoms with Crippen LogP contribution in [0.5, 0.6) is 0 Å². The number of fused-ring (bicyclic) bond motifs is 1. The Kier molecular flexibility index (Phi) is 4.09. The summed E-state index contributed by atoms with van der Waals surface area (Å²) in [5, 5.41) is 0. The summed E-state index contributed by atoms with van der Waals surface area (Å²) in [6, 6.07) is 0. The molecule has 0 aromatic rings. The van der Waals surface area contributed by atoms with Crippen molar-refractivity contribution in [3.63, 3.8) is 0 Å². The zero-order valence-electron chi connectivity index (χ0n) is 14.0. The summed E-state index contributed by atoms with van der Waals surface area (Å²) in [6.45, 7) is 15.4. The van der Waals surface area contributed by atoms with Crippen LogP contribution >= 0.6 is 0 Å². The number of ether oxygens (including phenoxy) is 1. The fourth-order valence-electron chi connectivity index (χ4n) is 5.68. The molecule has 0 radical (unpaired) electrons. The Hall–Kier alpha value is -0.0400. The van der Waals surface area contributed by atoms with Crippen LogP contribution in [0.15, 0.2) is 0 Å². The molecule has 0 N–H and O–H groups in total. The molecule has 2 fully saturated rings. The monoisotopic (exact) mass is 266 g/mol. The van der Waals surface area contributed by atoms with E-state index in [1.165, 1.54) is 38.5 Å². The summed E-state index contributed by atoms with van der Waals surface area (Å²) < 4.78 is 6.31. The van der Waals surface area contributed by atoms with Crippen LogP contribution in [0, 0.1) is 22.7 Å². The van der Waals surface area contributed by atoms with E-state index in [2.05, 4.69) is 41.5 Å². The predicted molar refractivity (Wildman–Crippen MR) is 82.3 cm³/mol. The standard InChI is InChI=1S/C18H34O/c1-7-18(19-8-2)13-10-15-16(4,5)11-9-12-17(15,6)14(18)3/h14-15H,7-13H2,1-6H3/t14-,15-,17+,18+/m0/s1. The highest BCUT2D eigenvalue weighted by atomic mass is 16.5. The fraction of sp³-hybridized carbons (Fsp3) is 1.00. The summed E-state index contributed by atoms with van der Waals surface area (Å²) >= 11 is 0.